The molecule has 0 aromatic heterocycles. The molecule has 0 aromatic rings. The van der Waals surface area contributed by atoms with Crippen molar-refractivity contribution >= 4 is 18.3 Å². The van der Waals surface area contributed by atoms with Gasteiger partial charge in [0.25, 0.3) is 0 Å². The van der Waals surface area contributed by atoms with Gasteiger partial charge in [-0.15, -0.1) is 0 Å². The van der Waals surface area contributed by atoms with E-state index in [0.717, 1.165) is 0 Å². The molecule has 0 radical (unpaired) electrons. The summed E-state index contributed by atoms with van der Waals surface area (Å²) in [4.78, 5) is 38.3. The van der Waals surface area contributed by atoms with Gasteiger partial charge in [-0.2, -0.15) is 0 Å². The summed E-state index contributed by atoms with van der Waals surface area (Å²) in [5.41, 5.74) is 3.32. The standard InChI is InChI=1S/C40H71N5O17/c1-18-14-21(42-11)25(47)31(29(18)57-32-20(13-12-19(15-41)54-32)44-36(52)61-39(5,6)7)59-34-28(50)30(23(17-46)56-34)58-33-24(45-37(53)62-40(8,9)10)27(49)26(48)22(55-33)16-43-35(51)60-38(2,3)4/h12-13,18-34,42,46-50H,14-17,41H2,1-11H3,(H,43,51)(H,44,52)(H,45,53)/t18-,19-,20+,21+,22-,23+,24+,25-,26+,27+,28+,29+,30+,31+,32+,33+,34-/m0/s1. The van der Waals surface area contributed by atoms with Crippen molar-refractivity contribution in [2.24, 2.45) is 11.7 Å². The number of aliphatic hydroxyl groups is 5. The Morgan fingerprint density at radius 1 is 0.677 bits per heavy atom. The van der Waals surface area contributed by atoms with Gasteiger partial charge in [-0.3, -0.25) is 0 Å². The SMILES string of the molecule is CN[C@@H]1C[C@H](C)[C@@H](O[C@H]2O[C@H](CN)C=C[C@H]2NC(=O)OC(C)(C)C)[C@H](O[C@@H]2O[C@H](CO)[C@@H](O[C@H]3O[C@@H](CNC(=O)OC(C)(C)C)[C@@H](O)[C@H](O)[C@H]3NC(=O)OC(C)(C)C)[C@H]2O)[C@H]1O. The Kier molecular flexibility index (Phi) is 17.8. The van der Waals surface area contributed by atoms with Gasteiger partial charge in [-0.25, -0.2) is 14.4 Å². The van der Waals surface area contributed by atoms with E-state index in [-0.39, 0.29) is 19.0 Å². The van der Waals surface area contributed by atoms with Crippen LogP contribution >= 0.6 is 0 Å². The normalized spacial score (nSPS) is 37.9. The molecule has 3 heterocycles. The Balaban J connectivity index is 1.59. The third-order valence-corrected chi connectivity index (χ3v) is 10.3. The topological polar surface area (TPSA) is 310 Å². The molecule has 11 N–H and O–H groups in total. The van der Waals surface area contributed by atoms with Crippen molar-refractivity contribution in [3.05, 3.63) is 12.2 Å². The minimum absolute atomic E-state index is 0.0992. The van der Waals surface area contributed by atoms with Crippen molar-refractivity contribution in [3.63, 3.8) is 0 Å². The second-order valence-corrected chi connectivity index (χ2v) is 19.0. The summed E-state index contributed by atoms with van der Waals surface area (Å²) in [6.45, 7) is 15.9. The van der Waals surface area contributed by atoms with Gasteiger partial charge in [0.1, 0.15) is 71.6 Å². The smallest absolute Gasteiger partial charge is 0.408 e. The fourth-order valence-electron chi connectivity index (χ4n) is 7.44. The van der Waals surface area contributed by atoms with Gasteiger partial charge in [0, 0.05) is 19.1 Å². The van der Waals surface area contributed by atoms with Gasteiger partial charge in [-0.05, 0) is 81.7 Å². The van der Waals surface area contributed by atoms with Crippen molar-refractivity contribution in [3.8, 4) is 0 Å². The molecule has 1 saturated carbocycles. The van der Waals surface area contributed by atoms with Crippen LogP contribution in [0.25, 0.3) is 0 Å². The molecule has 0 bridgehead atoms. The van der Waals surface area contributed by atoms with E-state index in [1.807, 2.05) is 6.92 Å². The first-order chi connectivity index (χ1) is 28.7. The molecule has 17 atom stereocenters. The van der Waals surface area contributed by atoms with Crippen LogP contribution < -0.4 is 27.0 Å². The predicted molar refractivity (Wildman–Crippen MR) is 217 cm³/mol. The highest BCUT2D eigenvalue weighted by atomic mass is 16.8. The molecule has 2 saturated heterocycles. The van der Waals surface area contributed by atoms with Crippen LogP contribution in [0.15, 0.2) is 12.2 Å². The lowest BCUT2D eigenvalue weighted by Gasteiger charge is -2.46. The number of ether oxygens (including phenoxy) is 9. The molecule has 0 aromatic carbocycles. The lowest BCUT2D eigenvalue weighted by molar-refractivity contribution is -0.290. The number of nitrogens with two attached hydrogens (primary N) is 1. The van der Waals surface area contributed by atoms with E-state index in [1.54, 1.807) is 81.5 Å². The van der Waals surface area contributed by atoms with Gasteiger partial charge in [0.15, 0.2) is 18.9 Å². The Hall–Kier alpha value is -2.97. The van der Waals surface area contributed by atoms with Crippen LogP contribution in [0.1, 0.15) is 75.7 Å². The van der Waals surface area contributed by atoms with Crippen LogP contribution in [0.5, 0.6) is 0 Å². The lowest BCUT2D eigenvalue weighted by Crippen LogP contribution is -2.66. The van der Waals surface area contributed by atoms with E-state index >= 15 is 0 Å². The van der Waals surface area contributed by atoms with Crippen LogP contribution in [0.2, 0.25) is 0 Å². The first kappa shape index (κ1) is 51.7. The van der Waals surface area contributed by atoms with Gasteiger partial charge in [0.05, 0.1) is 24.9 Å². The van der Waals surface area contributed by atoms with Gasteiger partial charge < -0.3 is 95.2 Å². The van der Waals surface area contributed by atoms with E-state index in [1.165, 1.54) is 0 Å². The number of hydrogen-bond donors (Lipinski definition) is 10. The number of carbonyl (C=O) groups excluding carboxylic acids is 3. The lowest BCUT2D eigenvalue weighted by atomic mass is 9.80. The Morgan fingerprint density at radius 3 is 1.79 bits per heavy atom. The van der Waals surface area contributed by atoms with Crippen LogP contribution in [-0.2, 0) is 42.6 Å². The average molecular weight is 894 g/mol. The highest BCUT2D eigenvalue weighted by molar-refractivity contribution is 5.69. The van der Waals surface area contributed by atoms with E-state index < -0.39 is 140 Å². The number of carbonyl (C=O) groups is 3. The fourth-order valence-corrected chi connectivity index (χ4v) is 7.44. The number of amides is 3. The third kappa shape index (κ3) is 14.3. The average Bonchev–Trinajstić information content (AvgIpc) is 3.44. The van der Waals surface area contributed by atoms with Gasteiger partial charge >= 0.3 is 18.3 Å². The summed E-state index contributed by atoms with van der Waals surface area (Å²) in [6.07, 6.45) is -16.4. The Morgan fingerprint density at radius 2 is 1.23 bits per heavy atom. The zero-order valence-corrected chi connectivity index (χ0v) is 37.5. The number of alkyl carbamates (subject to hydrolysis) is 3. The summed E-state index contributed by atoms with van der Waals surface area (Å²) in [6, 6.07) is -2.88. The molecule has 3 amide bonds. The molecule has 62 heavy (non-hydrogen) atoms. The van der Waals surface area contributed by atoms with Crippen LogP contribution in [-0.4, -0.2) is 185 Å². The van der Waals surface area contributed by atoms with Crippen molar-refractivity contribution in [2.75, 3.05) is 26.7 Å². The number of hydrogen-bond acceptors (Lipinski definition) is 19. The molecule has 1 aliphatic carbocycles. The van der Waals surface area contributed by atoms with Crippen molar-refractivity contribution in [1.82, 2.24) is 21.3 Å². The summed E-state index contributed by atoms with van der Waals surface area (Å²) in [7, 11) is 1.67. The molecule has 0 spiro atoms. The quantitative estimate of drug-likeness (QED) is 0.0800. The second kappa shape index (κ2) is 21.3. The molecule has 0 unspecified atom stereocenters. The van der Waals surface area contributed by atoms with E-state index in [2.05, 4.69) is 21.3 Å². The molecule has 4 aliphatic rings. The van der Waals surface area contributed by atoms with Crippen LogP contribution in [0.3, 0.4) is 0 Å². The molecule has 358 valence electrons. The first-order valence-electron chi connectivity index (χ1n) is 21.0. The predicted octanol–water partition coefficient (Wildman–Crippen LogP) is -0.793. The number of nitrogens with one attached hydrogen (secondary N) is 4. The molecule has 3 aliphatic heterocycles. The molecule has 4 rings (SSSR count). The maximum atomic E-state index is 13.0. The monoisotopic (exact) mass is 893 g/mol. The minimum Gasteiger partial charge on any atom is -0.444 e. The zero-order chi connectivity index (χ0) is 46.5. The molecule has 22 heteroatoms. The van der Waals surface area contributed by atoms with Crippen LogP contribution in [0.4, 0.5) is 14.4 Å². The van der Waals surface area contributed by atoms with E-state index in [4.69, 9.17) is 48.4 Å². The summed E-state index contributed by atoms with van der Waals surface area (Å²) >= 11 is 0. The van der Waals surface area contributed by atoms with Crippen molar-refractivity contribution in [2.45, 2.75) is 190 Å². The number of aliphatic hydroxyl groups excluding tert-OH is 5. The molecular weight excluding hydrogens is 822 g/mol. The Bertz CT molecular complexity index is 1500. The zero-order valence-electron chi connectivity index (χ0n) is 37.5. The molecular formula is C40H71N5O17. The number of likely N-dealkylation sites (N-methyl/N-ethyl adjacent to an activating group) is 1. The fraction of sp³-hybridized carbons (Fsp3) is 0.875. The Labute approximate surface area is 362 Å². The summed E-state index contributed by atoms with van der Waals surface area (Å²) in [5.74, 6) is -0.331. The van der Waals surface area contributed by atoms with Gasteiger partial charge in [-0.1, -0.05) is 19.1 Å². The van der Waals surface area contributed by atoms with Crippen LogP contribution in [0, 0.1) is 5.92 Å². The summed E-state index contributed by atoms with van der Waals surface area (Å²) in [5, 5.41) is 67.1. The summed E-state index contributed by atoms with van der Waals surface area (Å²) < 4.78 is 53.3. The highest BCUT2D eigenvalue weighted by Crippen LogP contribution is 2.37. The van der Waals surface area contributed by atoms with Crippen molar-refractivity contribution in [1.29, 1.82) is 0 Å². The maximum absolute atomic E-state index is 13.0. The third-order valence-electron chi connectivity index (χ3n) is 10.3. The van der Waals surface area contributed by atoms with E-state index in [9.17, 15) is 39.9 Å². The van der Waals surface area contributed by atoms with Gasteiger partial charge in [0.2, 0.25) is 0 Å². The first-order valence-corrected chi connectivity index (χ1v) is 21.0. The largest absolute Gasteiger partial charge is 0.444 e. The highest BCUT2D eigenvalue weighted by Gasteiger charge is 2.54. The number of rotatable bonds is 13. The second-order valence-electron chi connectivity index (χ2n) is 19.0. The maximum Gasteiger partial charge on any atom is 0.408 e. The molecule has 3 fully saturated rings. The van der Waals surface area contributed by atoms with Crippen molar-refractivity contribution < 1.29 is 82.5 Å². The minimum atomic E-state index is -1.77. The molecule has 22 nitrogen and oxygen atoms in total. The van der Waals surface area contributed by atoms with E-state index in [0.29, 0.717) is 6.42 Å².